The van der Waals surface area contributed by atoms with Crippen molar-refractivity contribution >= 4 is 11.8 Å². The summed E-state index contributed by atoms with van der Waals surface area (Å²) in [5, 5.41) is 8.48. The Kier molecular flexibility index (Phi) is 9.90. The van der Waals surface area contributed by atoms with Gasteiger partial charge in [0.25, 0.3) is 5.22 Å². The Hall–Kier alpha value is -1.29. The standard InChI is InChI=1S/C11H12N2OS.2C2H6/c1-3-8-4-6-9(7-5-8)10-12-13-11(14-10)15-2;2*1-2/h4-7H,3H2,1-2H3;2*1-2H3. The molecule has 0 aliphatic heterocycles. The van der Waals surface area contributed by atoms with E-state index in [1.807, 2.05) is 46.1 Å². The first-order valence-corrected chi connectivity index (χ1v) is 8.02. The summed E-state index contributed by atoms with van der Waals surface area (Å²) < 4.78 is 5.43. The van der Waals surface area contributed by atoms with Gasteiger partial charge in [-0.05, 0) is 30.4 Å². The molecule has 0 amide bonds. The normalized spacial score (nSPS) is 8.95. The zero-order valence-electron chi connectivity index (χ0n) is 12.7. The van der Waals surface area contributed by atoms with Crippen LogP contribution in [0.5, 0.6) is 0 Å². The molecule has 2 rings (SSSR count). The molecule has 0 bridgehead atoms. The van der Waals surface area contributed by atoms with Gasteiger partial charge in [0.05, 0.1) is 0 Å². The average molecular weight is 280 g/mol. The maximum atomic E-state index is 5.43. The van der Waals surface area contributed by atoms with E-state index in [4.69, 9.17) is 4.42 Å². The van der Waals surface area contributed by atoms with Gasteiger partial charge in [-0.15, -0.1) is 10.2 Å². The fourth-order valence-corrected chi connectivity index (χ4v) is 1.58. The molecule has 0 N–H and O–H groups in total. The molecule has 3 nitrogen and oxygen atoms in total. The molecule has 4 heteroatoms. The van der Waals surface area contributed by atoms with E-state index in [0.29, 0.717) is 11.1 Å². The Morgan fingerprint density at radius 2 is 1.58 bits per heavy atom. The highest BCUT2D eigenvalue weighted by Gasteiger charge is 2.06. The largest absolute Gasteiger partial charge is 0.411 e. The van der Waals surface area contributed by atoms with Gasteiger partial charge in [0.15, 0.2) is 0 Å². The topological polar surface area (TPSA) is 38.9 Å². The molecule has 0 aliphatic carbocycles. The molecule has 0 saturated carbocycles. The summed E-state index contributed by atoms with van der Waals surface area (Å²) >= 11 is 1.45. The lowest BCUT2D eigenvalue weighted by atomic mass is 10.1. The van der Waals surface area contributed by atoms with Crippen molar-refractivity contribution in [3.05, 3.63) is 29.8 Å². The second kappa shape index (κ2) is 10.6. The summed E-state index contributed by atoms with van der Waals surface area (Å²) in [6.07, 6.45) is 2.96. The fourth-order valence-electron chi connectivity index (χ4n) is 1.29. The number of hydrogen-bond donors (Lipinski definition) is 0. The van der Waals surface area contributed by atoms with Crippen molar-refractivity contribution in [2.45, 2.75) is 46.3 Å². The van der Waals surface area contributed by atoms with Gasteiger partial charge < -0.3 is 4.42 Å². The summed E-state index contributed by atoms with van der Waals surface area (Å²) in [4.78, 5) is 0. The first-order chi connectivity index (χ1) is 9.33. The van der Waals surface area contributed by atoms with Crippen LogP contribution in [-0.4, -0.2) is 16.5 Å². The molecule has 0 aliphatic rings. The lowest BCUT2D eigenvalue weighted by molar-refractivity contribution is 0.466. The lowest BCUT2D eigenvalue weighted by Crippen LogP contribution is -1.81. The van der Waals surface area contributed by atoms with Gasteiger partial charge in [0.2, 0.25) is 5.89 Å². The van der Waals surface area contributed by atoms with Crippen LogP contribution < -0.4 is 0 Å². The third kappa shape index (κ3) is 5.47. The average Bonchev–Trinajstić information content (AvgIpc) is 3.00. The number of aromatic nitrogens is 2. The predicted molar refractivity (Wildman–Crippen MR) is 83.6 cm³/mol. The van der Waals surface area contributed by atoms with Crippen LogP contribution in [0.25, 0.3) is 11.5 Å². The van der Waals surface area contributed by atoms with Gasteiger partial charge in [-0.2, -0.15) is 0 Å². The van der Waals surface area contributed by atoms with Crippen LogP contribution in [0.15, 0.2) is 33.9 Å². The molecular weight excluding hydrogens is 256 g/mol. The molecule has 19 heavy (non-hydrogen) atoms. The Morgan fingerprint density at radius 1 is 1.00 bits per heavy atom. The molecule has 106 valence electrons. The van der Waals surface area contributed by atoms with Crippen LogP contribution >= 0.6 is 11.8 Å². The van der Waals surface area contributed by atoms with E-state index in [2.05, 4.69) is 29.3 Å². The van der Waals surface area contributed by atoms with Crippen molar-refractivity contribution in [2.75, 3.05) is 6.26 Å². The summed E-state index contributed by atoms with van der Waals surface area (Å²) in [7, 11) is 0. The Morgan fingerprint density at radius 3 is 2.00 bits per heavy atom. The van der Waals surface area contributed by atoms with Crippen LogP contribution in [0.3, 0.4) is 0 Å². The lowest BCUT2D eigenvalue weighted by Gasteiger charge is -1.97. The number of nitrogens with zero attached hydrogens (tertiary/aromatic N) is 2. The van der Waals surface area contributed by atoms with Crippen molar-refractivity contribution in [1.29, 1.82) is 0 Å². The zero-order chi connectivity index (χ0) is 14.7. The number of aryl methyl sites for hydroxylation is 1. The van der Waals surface area contributed by atoms with Crippen LogP contribution in [0.4, 0.5) is 0 Å². The number of thioether (sulfide) groups is 1. The van der Waals surface area contributed by atoms with Crippen molar-refractivity contribution in [3.63, 3.8) is 0 Å². The molecule has 2 aromatic rings. The van der Waals surface area contributed by atoms with Gasteiger partial charge in [0.1, 0.15) is 0 Å². The first-order valence-electron chi connectivity index (χ1n) is 6.80. The van der Waals surface area contributed by atoms with E-state index in [9.17, 15) is 0 Å². The molecule has 1 aromatic carbocycles. The van der Waals surface area contributed by atoms with E-state index < -0.39 is 0 Å². The van der Waals surface area contributed by atoms with Crippen molar-refractivity contribution < 1.29 is 4.42 Å². The van der Waals surface area contributed by atoms with E-state index >= 15 is 0 Å². The monoisotopic (exact) mass is 280 g/mol. The van der Waals surface area contributed by atoms with Crippen molar-refractivity contribution in [1.82, 2.24) is 10.2 Å². The van der Waals surface area contributed by atoms with Gasteiger partial charge >= 0.3 is 0 Å². The minimum Gasteiger partial charge on any atom is -0.411 e. The molecule has 0 atom stereocenters. The Labute approximate surface area is 120 Å². The fraction of sp³-hybridized carbons (Fsp3) is 0.467. The first kappa shape index (κ1) is 17.7. The molecule has 0 fully saturated rings. The highest BCUT2D eigenvalue weighted by atomic mass is 32.2. The third-order valence-corrected chi connectivity index (χ3v) is 2.70. The van der Waals surface area contributed by atoms with Crippen LogP contribution in [-0.2, 0) is 6.42 Å². The van der Waals surface area contributed by atoms with E-state index in [1.54, 1.807) is 0 Å². The predicted octanol–water partition coefficient (Wildman–Crippen LogP) is 5.07. The SMILES string of the molecule is CC.CC.CCc1ccc(-c2nnc(SC)o2)cc1. The van der Waals surface area contributed by atoms with Gasteiger partial charge in [-0.3, -0.25) is 0 Å². The number of rotatable bonds is 3. The van der Waals surface area contributed by atoms with Crippen LogP contribution in [0.2, 0.25) is 0 Å². The molecule has 0 radical (unpaired) electrons. The molecule has 0 saturated heterocycles. The summed E-state index contributed by atoms with van der Waals surface area (Å²) in [5.74, 6) is 0.585. The number of benzene rings is 1. The number of hydrogen-bond acceptors (Lipinski definition) is 4. The van der Waals surface area contributed by atoms with E-state index in [0.717, 1.165) is 12.0 Å². The highest BCUT2D eigenvalue weighted by molar-refractivity contribution is 7.98. The van der Waals surface area contributed by atoms with Crippen LogP contribution in [0, 0.1) is 0 Å². The summed E-state index contributed by atoms with van der Waals surface area (Å²) in [6, 6.07) is 8.18. The summed E-state index contributed by atoms with van der Waals surface area (Å²) in [5.41, 5.74) is 2.28. The minimum absolute atomic E-state index is 0.585. The third-order valence-electron chi connectivity index (χ3n) is 2.19. The molecular formula is C15H24N2OS. The van der Waals surface area contributed by atoms with Crippen molar-refractivity contribution in [3.8, 4) is 11.5 Å². The smallest absolute Gasteiger partial charge is 0.276 e. The second-order valence-electron chi connectivity index (χ2n) is 3.13. The zero-order valence-corrected chi connectivity index (χ0v) is 13.5. The molecule has 0 unspecified atom stereocenters. The van der Waals surface area contributed by atoms with Gasteiger partial charge in [-0.1, -0.05) is 58.5 Å². The molecule has 0 spiro atoms. The Bertz CT molecular complexity index is 438. The molecule has 1 aromatic heterocycles. The maximum absolute atomic E-state index is 5.43. The van der Waals surface area contributed by atoms with E-state index in [1.165, 1.54) is 17.3 Å². The quantitative estimate of drug-likeness (QED) is 0.735. The molecule has 1 heterocycles. The van der Waals surface area contributed by atoms with Gasteiger partial charge in [0, 0.05) is 5.56 Å². The minimum atomic E-state index is 0.585. The second-order valence-corrected chi connectivity index (χ2v) is 3.89. The van der Waals surface area contributed by atoms with Crippen molar-refractivity contribution in [2.24, 2.45) is 0 Å². The Balaban J connectivity index is 0.000000741. The van der Waals surface area contributed by atoms with Gasteiger partial charge in [-0.25, -0.2) is 0 Å². The summed E-state index contributed by atoms with van der Waals surface area (Å²) in [6.45, 7) is 10.1. The van der Waals surface area contributed by atoms with Crippen LogP contribution in [0.1, 0.15) is 40.2 Å². The van der Waals surface area contributed by atoms with E-state index in [-0.39, 0.29) is 0 Å². The highest BCUT2D eigenvalue weighted by Crippen LogP contribution is 2.21. The maximum Gasteiger partial charge on any atom is 0.276 e.